The average Bonchev–Trinajstić information content (AvgIpc) is 2.88. The Kier molecular flexibility index (Phi) is 14.7. The van der Waals surface area contributed by atoms with Gasteiger partial charge in [-0.1, -0.05) is 77.0 Å². The topological polar surface area (TPSA) is 97.3 Å². The molecule has 4 aliphatic rings. The van der Waals surface area contributed by atoms with Gasteiger partial charge in [-0.3, -0.25) is 0 Å². The third-order valence-electron chi connectivity index (χ3n) is 9.18. The first-order valence-electron chi connectivity index (χ1n) is 14.2. The van der Waals surface area contributed by atoms with Crippen molar-refractivity contribution in [1.82, 2.24) is 0 Å². The Balaban J connectivity index is 0.000000224. The summed E-state index contributed by atoms with van der Waals surface area (Å²) in [6.07, 6.45) is 23.9. The first kappa shape index (κ1) is 29.6. The molecule has 0 radical (unpaired) electrons. The number of rotatable bonds is 6. The molecular formula is C28H46O5V. The van der Waals surface area contributed by atoms with Crippen LogP contribution in [0.25, 0.3) is 0 Å². The molecule has 0 heterocycles. The summed E-state index contributed by atoms with van der Waals surface area (Å²) in [5, 5.41) is 22.8. The molecule has 6 heteroatoms. The fourth-order valence-corrected chi connectivity index (χ4v) is 7.51. The molecule has 0 amide bonds. The molecule has 0 atom stereocenters. The molecule has 0 aromatic carbocycles. The molecule has 0 aliphatic heterocycles. The van der Waals surface area contributed by atoms with E-state index in [2.05, 4.69) is 0 Å². The molecule has 34 heavy (non-hydrogen) atoms. The maximum absolute atomic E-state index is 11.4. The van der Waals surface area contributed by atoms with Crippen LogP contribution in [0.1, 0.15) is 128 Å². The van der Waals surface area contributed by atoms with Crippen molar-refractivity contribution in [2.75, 3.05) is 0 Å². The van der Waals surface area contributed by atoms with Crippen LogP contribution in [-0.4, -0.2) is 11.9 Å². The third kappa shape index (κ3) is 9.41. The molecule has 193 valence electrons. The molecule has 0 bridgehead atoms. The maximum atomic E-state index is 11.4. The summed E-state index contributed by atoms with van der Waals surface area (Å²) in [4.78, 5) is 22.8. The first-order valence-corrected chi connectivity index (χ1v) is 14.7. The van der Waals surface area contributed by atoms with Gasteiger partial charge in [0.05, 0.1) is 0 Å². The Bertz CT molecular complexity index is 487. The summed E-state index contributed by atoms with van der Waals surface area (Å²) in [6.45, 7) is 0. The number of hydrogen-bond donors (Lipinski definition) is 0. The number of aliphatic carboxylic acids is 2. The molecule has 4 saturated carbocycles. The van der Waals surface area contributed by atoms with E-state index < -0.39 is 11.9 Å². The van der Waals surface area contributed by atoms with E-state index in [4.69, 9.17) is 3.67 Å². The Morgan fingerprint density at radius 1 is 0.441 bits per heavy atom. The van der Waals surface area contributed by atoms with Gasteiger partial charge in [0.2, 0.25) is 0 Å². The van der Waals surface area contributed by atoms with Crippen molar-refractivity contribution in [1.29, 1.82) is 0 Å². The number of hydrogen-bond acceptors (Lipinski definition) is 5. The van der Waals surface area contributed by atoms with Gasteiger partial charge in [-0.05, 0) is 75.0 Å². The van der Waals surface area contributed by atoms with E-state index in [-0.39, 0.29) is 11.8 Å². The van der Waals surface area contributed by atoms with Crippen molar-refractivity contribution in [3.63, 3.8) is 0 Å². The van der Waals surface area contributed by atoms with Gasteiger partial charge in [0, 0.05) is 23.8 Å². The van der Waals surface area contributed by atoms with Crippen LogP contribution in [0.3, 0.4) is 0 Å². The molecule has 5 nitrogen and oxygen atoms in total. The van der Waals surface area contributed by atoms with Crippen LogP contribution in [0.2, 0.25) is 0 Å². The number of carboxylic acids is 2. The van der Waals surface area contributed by atoms with Crippen LogP contribution in [0.15, 0.2) is 0 Å². The SMILES string of the molecule is O=C([O-])C(C1CCCCC1)C1CCCCC1.O=C([O-])C(C1CCCCC1)C1CCCCC1.[O]=[V+2]. The third-order valence-corrected chi connectivity index (χ3v) is 9.18. The van der Waals surface area contributed by atoms with Gasteiger partial charge in [-0.25, -0.2) is 0 Å². The minimum atomic E-state index is -0.765. The molecule has 0 N–H and O–H groups in total. The van der Waals surface area contributed by atoms with E-state index in [0.717, 1.165) is 68.7 Å². The fourth-order valence-electron chi connectivity index (χ4n) is 7.51. The second-order valence-corrected chi connectivity index (χ2v) is 11.3. The van der Waals surface area contributed by atoms with Crippen molar-refractivity contribution in [3.8, 4) is 0 Å². The summed E-state index contributed by atoms with van der Waals surface area (Å²) in [5.74, 6) is -0.133. The van der Waals surface area contributed by atoms with Crippen molar-refractivity contribution in [2.45, 2.75) is 128 Å². The standard InChI is InChI=1S/2C14H24O2.O.V/c2*15-14(16)13(11-7-3-1-4-8-11)12-9-5-2-6-10-12;;/h2*11-13H,1-10H2,(H,15,16);;/q;;;+2/p-2. The molecule has 0 aromatic rings. The summed E-state index contributed by atoms with van der Waals surface area (Å²) in [6, 6.07) is 0. The van der Waals surface area contributed by atoms with Crippen molar-refractivity contribution in [2.24, 2.45) is 35.5 Å². The summed E-state index contributed by atoms with van der Waals surface area (Å²) in [7, 11) is 0. The van der Waals surface area contributed by atoms with Crippen molar-refractivity contribution >= 4 is 11.9 Å². The van der Waals surface area contributed by atoms with Crippen LogP contribution >= 0.6 is 0 Å². The van der Waals surface area contributed by atoms with Gasteiger partial charge in [-0.2, -0.15) is 0 Å². The second kappa shape index (κ2) is 16.9. The number of carbonyl (C=O) groups excluding carboxylic acids is 2. The predicted molar refractivity (Wildman–Crippen MR) is 124 cm³/mol. The number of carboxylic acid groups (broad SMARTS) is 2. The average molecular weight is 514 g/mol. The molecule has 4 aliphatic carbocycles. The minimum absolute atomic E-state index is 0.138. The Labute approximate surface area is 216 Å². The zero-order chi connectivity index (χ0) is 24.8. The zero-order valence-electron chi connectivity index (χ0n) is 21.1. The zero-order valence-corrected chi connectivity index (χ0v) is 22.5. The van der Waals surface area contributed by atoms with E-state index in [1.165, 1.54) is 77.0 Å². The molecule has 0 spiro atoms. The summed E-state index contributed by atoms with van der Waals surface area (Å²) >= 11 is 1.06. The van der Waals surface area contributed by atoms with Crippen molar-refractivity contribution in [3.05, 3.63) is 0 Å². The van der Waals surface area contributed by atoms with E-state index >= 15 is 0 Å². The Morgan fingerprint density at radius 3 is 0.765 bits per heavy atom. The molecule has 0 saturated heterocycles. The Morgan fingerprint density at radius 2 is 0.618 bits per heavy atom. The molecular weight excluding hydrogens is 467 g/mol. The van der Waals surface area contributed by atoms with Gasteiger partial charge in [-0.15, -0.1) is 0 Å². The number of carbonyl (C=O) groups is 2. The van der Waals surface area contributed by atoms with Crippen molar-refractivity contribution < 1.29 is 40.8 Å². The van der Waals surface area contributed by atoms with E-state index in [1.54, 1.807) is 0 Å². The van der Waals surface area contributed by atoms with Gasteiger partial charge in [0.25, 0.3) is 0 Å². The molecule has 0 unspecified atom stereocenters. The summed E-state index contributed by atoms with van der Waals surface area (Å²) < 4.78 is 8.19. The fraction of sp³-hybridized carbons (Fsp3) is 0.929. The Hall–Kier alpha value is -0.676. The van der Waals surface area contributed by atoms with E-state index in [1.807, 2.05) is 0 Å². The van der Waals surface area contributed by atoms with Crippen LogP contribution in [0.4, 0.5) is 0 Å². The van der Waals surface area contributed by atoms with Crippen LogP contribution in [0, 0.1) is 35.5 Å². The van der Waals surface area contributed by atoms with Gasteiger partial charge >= 0.3 is 21.0 Å². The van der Waals surface area contributed by atoms with Gasteiger partial charge in [0.1, 0.15) is 0 Å². The monoisotopic (exact) mass is 513 g/mol. The molecule has 4 rings (SSSR count). The van der Waals surface area contributed by atoms with E-state index in [9.17, 15) is 19.8 Å². The van der Waals surface area contributed by atoms with Gasteiger partial charge in [0.15, 0.2) is 0 Å². The quantitative estimate of drug-likeness (QED) is 0.503. The van der Waals surface area contributed by atoms with Gasteiger partial charge < -0.3 is 19.8 Å². The van der Waals surface area contributed by atoms with E-state index in [0.29, 0.717) is 23.7 Å². The van der Waals surface area contributed by atoms with Crippen LogP contribution in [-0.2, 0) is 30.6 Å². The predicted octanol–water partition coefficient (Wildman–Crippen LogP) is 4.90. The summed E-state index contributed by atoms with van der Waals surface area (Å²) in [5.41, 5.74) is 0. The normalized spacial score (nSPS) is 23.5. The molecule has 0 aromatic heterocycles. The second-order valence-electron chi connectivity index (χ2n) is 11.3. The van der Waals surface area contributed by atoms with Crippen LogP contribution in [0.5, 0.6) is 0 Å². The molecule has 4 fully saturated rings. The first-order chi connectivity index (χ1) is 16.6. The van der Waals surface area contributed by atoms with Crippen LogP contribution < -0.4 is 10.2 Å².